The summed E-state index contributed by atoms with van der Waals surface area (Å²) in [6.07, 6.45) is 19.1. The molecule has 0 nitrogen and oxygen atoms in total. The maximum absolute atomic E-state index is 2.53. The average Bonchev–Trinajstić information content (AvgIpc) is 3.11. The quantitative estimate of drug-likeness (QED) is 0.268. The number of aryl methyl sites for hydroxylation is 2. The second-order valence-corrected chi connectivity index (χ2v) is 9.11. The van der Waals surface area contributed by atoms with Crippen LogP contribution < -0.4 is 0 Å². The largest absolute Gasteiger partial charge is 0.140 e. The van der Waals surface area contributed by atoms with E-state index in [2.05, 4.69) is 61.6 Å². The molecule has 0 atom stereocenters. The van der Waals surface area contributed by atoms with Gasteiger partial charge in [0.25, 0.3) is 0 Å². The maximum Gasteiger partial charge on any atom is 0.0377 e. The molecule has 0 N–H and O–H groups in total. The van der Waals surface area contributed by atoms with Crippen LogP contribution in [0.3, 0.4) is 0 Å². The number of hydrogen-bond donors (Lipinski definition) is 0. The molecule has 1 aromatic carbocycles. The summed E-state index contributed by atoms with van der Waals surface area (Å²) in [4.78, 5) is 3.13. The Labute approximate surface area is 172 Å². The molecule has 0 aliphatic carbocycles. The van der Waals surface area contributed by atoms with Gasteiger partial charge in [0.2, 0.25) is 0 Å². The fourth-order valence-electron chi connectivity index (χ4n) is 3.80. The smallest absolute Gasteiger partial charge is 0.0377 e. The zero-order chi connectivity index (χ0) is 19.2. The van der Waals surface area contributed by atoms with E-state index in [1.807, 2.05) is 0 Å². The van der Waals surface area contributed by atoms with E-state index in [1.165, 1.54) is 100 Å². The van der Waals surface area contributed by atoms with Crippen LogP contribution in [-0.4, -0.2) is 0 Å². The van der Waals surface area contributed by atoms with Crippen molar-refractivity contribution in [1.82, 2.24) is 0 Å². The summed E-state index contributed by atoms with van der Waals surface area (Å²) in [6, 6.07) is 13.6. The van der Waals surface area contributed by atoms with Gasteiger partial charge in [-0.3, -0.25) is 0 Å². The Morgan fingerprint density at radius 2 is 1.19 bits per heavy atom. The lowest BCUT2D eigenvalue weighted by atomic mass is 10.0. The van der Waals surface area contributed by atoms with E-state index < -0.39 is 0 Å². The molecule has 0 radical (unpaired) electrons. The van der Waals surface area contributed by atoms with Crippen molar-refractivity contribution < 1.29 is 0 Å². The van der Waals surface area contributed by atoms with E-state index in [4.69, 9.17) is 0 Å². The van der Waals surface area contributed by atoms with Crippen LogP contribution in [0.4, 0.5) is 0 Å². The van der Waals surface area contributed by atoms with Crippen LogP contribution in [0.5, 0.6) is 0 Å². The highest BCUT2D eigenvalue weighted by Crippen LogP contribution is 2.34. The van der Waals surface area contributed by atoms with Crippen molar-refractivity contribution in [3.05, 3.63) is 46.8 Å². The Hall–Kier alpha value is -1.08. The standard InChI is InChI=1S/C26H40S/c1-3-5-7-9-11-14-20-24-22-25(21-17-12-10-8-6-4-2)27-26(24)23-18-15-13-16-19-23/h13,15-16,18-19,22H,3-12,14,17,20-21H2,1-2H3. The van der Waals surface area contributed by atoms with Crippen LogP contribution in [0.25, 0.3) is 10.4 Å². The number of unbranched alkanes of at least 4 members (excludes halogenated alkanes) is 10. The van der Waals surface area contributed by atoms with Gasteiger partial charge in [0, 0.05) is 9.75 Å². The van der Waals surface area contributed by atoms with Gasteiger partial charge in [-0.15, -0.1) is 11.3 Å². The van der Waals surface area contributed by atoms with Gasteiger partial charge < -0.3 is 0 Å². The Balaban J connectivity index is 1.89. The molecule has 2 aromatic rings. The second kappa shape index (κ2) is 14.0. The molecular weight excluding hydrogens is 344 g/mol. The summed E-state index contributed by atoms with van der Waals surface area (Å²) in [5, 5.41) is 0. The van der Waals surface area contributed by atoms with E-state index in [1.54, 1.807) is 10.4 Å². The number of rotatable bonds is 15. The topological polar surface area (TPSA) is 0 Å². The first-order valence-corrected chi connectivity index (χ1v) is 12.3. The minimum absolute atomic E-state index is 1.25. The molecule has 2 rings (SSSR count). The Kier molecular flexibility index (Phi) is 11.5. The molecule has 1 heterocycles. The van der Waals surface area contributed by atoms with Gasteiger partial charge in [-0.1, -0.05) is 108 Å². The van der Waals surface area contributed by atoms with Gasteiger partial charge >= 0.3 is 0 Å². The van der Waals surface area contributed by atoms with Crippen LogP contribution in [0.1, 0.15) is 101 Å². The molecule has 1 heteroatoms. The van der Waals surface area contributed by atoms with Crippen molar-refractivity contribution in [3.63, 3.8) is 0 Å². The molecule has 27 heavy (non-hydrogen) atoms. The molecule has 0 aliphatic heterocycles. The summed E-state index contributed by atoms with van der Waals surface area (Å²) in [6.45, 7) is 4.59. The zero-order valence-corrected chi connectivity index (χ0v) is 18.6. The van der Waals surface area contributed by atoms with Crippen LogP contribution in [0.2, 0.25) is 0 Å². The van der Waals surface area contributed by atoms with E-state index in [0.717, 1.165) is 0 Å². The lowest BCUT2D eigenvalue weighted by Gasteiger charge is -2.04. The molecule has 0 aliphatic rings. The summed E-state index contributed by atoms with van der Waals surface area (Å²) < 4.78 is 0. The Morgan fingerprint density at radius 3 is 1.81 bits per heavy atom. The number of benzene rings is 1. The molecule has 0 bridgehead atoms. The Morgan fingerprint density at radius 1 is 0.630 bits per heavy atom. The highest BCUT2D eigenvalue weighted by atomic mass is 32.1. The van der Waals surface area contributed by atoms with Gasteiger partial charge in [0.1, 0.15) is 0 Å². The molecule has 0 unspecified atom stereocenters. The molecule has 150 valence electrons. The van der Waals surface area contributed by atoms with E-state index in [9.17, 15) is 0 Å². The third kappa shape index (κ3) is 8.64. The van der Waals surface area contributed by atoms with Crippen LogP contribution in [0.15, 0.2) is 36.4 Å². The normalized spacial score (nSPS) is 11.2. The monoisotopic (exact) mass is 384 g/mol. The first-order valence-electron chi connectivity index (χ1n) is 11.5. The highest BCUT2D eigenvalue weighted by molar-refractivity contribution is 7.15. The van der Waals surface area contributed by atoms with Gasteiger partial charge in [-0.25, -0.2) is 0 Å². The van der Waals surface area contributed by atoms with E-state index in [-0.39, 0.29) is 0 Å². The highest BCUT2D eigenvalue weighted by Gasteiger charge is 2.11. The summed E-state index contributed by atoms with van der Waals surface area (Å²) in [5.41, 5.74) is 3.01. The first-order chi connectivity index (χ1) is 13.3. The predicted octanol–water partition coefficient (Wildman–Crippen LogP) is 9.22. The summed E-state index contributed by atoms with van der Waals surface area (Å²) in [7, 11) is 0. The molecule has 0 saturated carbocycles. The van der Waals surface area contributed by atoms with Gasteiger partial charge in [-0.2, -0.15) is 0 Å². The fraction of sp³-hybridized carbons (Fsp3) is 0.615. The molecule has 0 spiro atoms. The minimum atomic E-state index is 1.25. The molecule has 0 amide bonds. The minimum Gasteiger partial charge on any atom is -0.140 e. The number of thiophene rings is 1. The van der Waals surface area contributed by atoms with Crippen molar-refractivity contribution in [2.24, 2.45) is 0 Å². The number of hydrogen-bond acceptors (Lipinski definition) is 1. The van der Waals surface area contributed by atoms with Gasteiger partial charge in [-0.05, 0) is 42.9 Å². The van der Waals surface area contributed by atoms with E-state index >= 15 is 0 Å². The predicted molar refractivity (Wildman–Crippen MR) is 124 cm³/mol. The molecule has 0 fully saturated rings. The first kappa shape index (κ1) is 22.2. The van der Waals surface area contributed by atoms with Crippen LogP contribution >= 0.6 is 11.3 Å². The summed E-state index contributed by atoms with van der Waals surface area (Å²) in [5.74, 6) is 0. The van der Waals surface area contributed by atoms with Gasteiger partial charge in [0.05, 0.1) is 0 Å². The average molecular weight is 385 g/mol. The van der Waals surface area contributed by atoms with Crippen molar-refractivity contribution in [2.75, 3.05) is 0 Å². The van der Waals surface area contributed by atoms with Crippen molar-refractivity contribution in [2.45, 2.75) is 104 Å². The lowest BCUT2D eigenvalue weighted by Crippen LogP contribution is -1.87. The molecule has 0 saturated heterocycles. The van der Waals surface area contributed by atoms with Crippen molar-refractivity contribution in [3.8, 4) is 10.4 Å². The third-order valence-corrected chi connectivity index (χ3v) is 6.76. The van der Waals surface area contributed by atoms with Crippen molar-refractivity contribution in [1.29, 1.82) is 0 Å². The van der Waals surface area contributed by atoms with Crippen LogP contribution in [-0.2, 0) is 12.8 Å². The fourth-order valence-corrected chi connectivity index (χ4v) is 5.06. The lowest BCUT2D eigenvalue weighted by molar-refractivity contribution is 0.606. The maximum atomic E-state index is 2.53. The SMILES string of the molecule is CCCCCCCCc1cc(CCCCCCCC)c(-c2ccccc2)s1. The molecule has 1 aromatic heterocycles. The van der Waals surface area contributed by atoms with Crippen LogP contribution in [0, 0.1) is 0 Å². The second-order valence-electron chi connectivity index (χ2n) is 7.97. The molecular formula is C26H40S. The van der Waals surface area contributed by atoms with Gasteiger partial charge in [0.15, 0.2) is 0 Å². The zero-order valence-electron chi connectivity index (χ0n) is 17.8. The van der Waals surface area contributed by atoms with Crippen molar-refractivity contribution >= 4 is 11.3 Å². The van der Waals surface area contributed by atoms with E-state index in [0.29, 0.717) is 0 Å². The Bertz CT molecular complexity index is 596. The third-order valence-electron chi connectivity index (χ3n) is 5.47. The summed E-state index contributed by atoms with van der Waals surface area (Å²) >= 11 is 2.05.